The number of hydrogen-bond acceptors (Lipinski definition) is 4. The lowest BCUT2D eigenvalue weighted by molar-refractivity contribution is 0.193. The number of hydrogen-bond donors (Lipinski definition) is 0. The predicted octanol–water partition coefficient (Wildman–Crippen LogP) is 4.71. The number of rotatable bonds is 7. The van der Waals surface area contributed by atoms with Gasteiger partial charge in [-0.2, -0.15) is 0 Å². The van der Waals surface area contributed by atoms with Crippen molar-refractivity contribution in [2.45, 2.75) is 38.9 Å². The minimum absolute atomic E-state index is 0.200. The van der Waals surface area contributed by atoms with E-state index >= 15 is 0 Å². The van der Waals surface area contributed by atoms with Crippen LogP contribution >= 0.6 is 22.6 Å². The standard InChI is InChI=1S/C16H27IO4Si/c1-16(2,3)22(6,7)21-9-8-20-15-13(18-4)10-12(17)11-14(15)19-5/h10-11H,8-9H2,1-7H3. The van der Waals surface area contributed by atoms with Gasteiger partial charge < -0.3 is 18.6 Å². The number of benzene rings is 1. The molecule has 1 rings (SSSR count). The first-order valence-corrected chi connectivity index (χ1v) is 11.3. The molecular weight excluding hydrogens is 411 g/mol. The summed E-state index contributed by atoms with van der Waals surface area (Å²) in [5.74, 6) is 1.98. The van der Waals surface area contributed by atoms with E-state index in [-0.39, 0.29) is 5.04 Å². The molecule has 0 fully saturated rings. The SMILES string of the molecule is COc1cc(I)cc(OC)c1OCCO[Si](C)(C)C(C)(C)C. The molecule has 0 bridgehead atoms. The molecule has 22 heavy (non-hydrogen) atoms. The zero-order chi connectivity index (χ0) is 17.0. The van der Waals surface area contributed by atoms with Crippen LogP contribution in [0.5, 0.6) is 17.2 Å². The van der Waals surface area contributed by atoms with Crippen LogP contribution in [-0.4, -0.2) is 35.8 Å². The van der Waals surface area contributed by atoms with Gasteiger partial charge in [0, 0.05) is 3.57 Å². The molecule has 4 nitrogen and oxygen atoms in total. The molecule has 0 radical (unpaired) electrons. The Morgan fingerprint density at radius 3 is 1.91 bits per heavy atom. The Kier molecular flexibility index (Phi) is 7.01. The van der Waals surface area contributed by atoms with Gasteiger partial charge in [0.25, 0.3) is 0 Å². The van der Waals surface area contributed by atoms with Crippen LogP contribution in [0.4, 0.5) is 0 Å². The Balaban J connectivity index is 2.70. The van der Waals surface area contributed by atoms with Crippen LogP contribution in [0.2, 0.25) is 18.1 Å². The second kappa shape index (κ2) is 7.87. The van der Waals surface area contributed by atoms with Crippen molar-refractivity contribution in [2.24, 2.45) is 0 Å². The first kappa shape index (κ1) is 19.6. The van der Waals surface area contributed by atoms with E-state index in [4.69, 9.17) is 18.6 Å². The summed E-state index contributed by atoms with van der Waals surface area (Å²) < 4.78 is 23.8. The highest BCUT2D eigenvalue weighted by Gasteiger charge is 2.36. The average Bonchev–Trinajstić information content (AvgIpc) is 2.42. The van der Waals surface area contributed by atoms with E-state index in [9.17, 15) is 0 Å². The topological polar surface area (TPSA) is 36.9 Å². The highest BCUT2D eigenvalue weighted by atomic mass is 127. The highest BCUT2D eigenvalue weighted by Crippen LogP contribution is 2.39. The fourth-order valence-corrected chi connectivity index (χ4v) is 3.24. The first-order valence-electron chi connectivity index (χ1n) is 7.30. The minimum atomic E-state index is -1.74. The largest absolute Gasteiger partial charge is 0.493 e. The monoisotopic (exact) mass is 438 g/mol. The maximum Gasteiger partial charge on any atom is 0.203 e. The lowest BCUT2D eigenvalue weighted by Gasteiger charge is -2.36. The summed E-state index contributed by atoms with van der Waals surface area (Å²) >= 11 is 2.22. The molecule has 0 heterocycles. The summed E-state index contributed by atoms with van der Waals surface area (Å²) in [6.07, 6.45) is 0. The second-order valence-electron chi connectivity index (χ2n) is 6.60. The molecule has 1 aromatic carbocycles. The molecule has 0 aliphatic heterocycles. The summed E-state index contributed by atoms with van der Waals surface area (Å²) in [5, 5.41) is 0.200. The van der Waals surface area contributed by atoms with Crippen LogP contribution in [0.1, 0.15) is 20.8 Å². The fraction of sp³-hybridized carbons (Fsp3) is 0.625. The van der Waals surface area contributed by atoms with Gasteiger partial charge in [0.05, 0.1) is 20.8 Å². The van der Waals surface area contributed by atoms with E-state index in [1.165, 1.54) is 0 Å². The molecule has 0 atom stereocenters. The second-order valence-corrected chi connectivity index (χ2v) is 12.7. The Bertz CT molecular complexity index is 472. The summed E-state index contributed by atoms with van der Waals surface area (Å²) in [6.45, 7) is 12.2. The maximum atomic E-state index is 6.12. The van der Waals surface area contributed by atoms with Crippen molar-refractivity contribution in [3.05, 3.63) is 15.7 Å². The average molecular weight is 438 g/mol. The van der Waals surface area contributed by atoms with Gasteiger partial charge in [-0.3, -0.25) is 0 Å². The van der Waals surface area contributed by atoms with Gasteiger partial charge in [0.1, 0.15) is 6.61 Å². The van der Waals surface area contributed by atoms with Gasteiger partial charge in [-0.25, -0.2) is 0 Å². The molecular formula is C16H27IO4Si. The molecule has 0 aliphatic rings. The molecule has 0 spiro atoms. The van der Waals surface area contributed by atoms with Crippen LogP contribution < -0.4 is 14.2 Å². The predicted molar refractivity (Wildman–Crippen MR) is 101 cm³/mol. The lowest BCUT2D eigenvalue weighted by Crippen LogP contribution is -2.41. The molecule has 126 valence electrons. The third kappa shape index (κ3) is 5.02. The molecule has 0 aromatic heterocycles. The van der Waals surface area contributed by atoms with Gasteiger partial charge in [-0.05, 0) is 52.9 Å². The molecule has 0 amide bonds. The summed E-state index contributed by atoms with van der Waals surface area (Å²) in [4.78, 5) is 0. The summed E-state index contributed by atoms with van der Waals surface area (Å²) in [6, 6.07) is 3.85. The van der Waals surface area contributed by atoms with Gasteiger partial charge in [0.2, 0.25) is 5.75 Å². The number of ether oxygens (including phenoxy) is 3. The minimum Gasteiger partial charge on any atom is -0.493 e. The van der Waals surface area contributed by atoms with Crippen molar-refractivity contribution < 1.29 is 18.6 Å². The van der Waals surface area contributed by atoms with Crippen LogP contribution in [0, 0.1) is 3.57 Å². The Labute approximate surface area is 148 Å². The molecule has 1 aromatic rings. The van der Waals surface area contributed by atoms with E-state index in [2.05, 4.69) is 56.5 Å². The zero-order valence-corrected chi connectivity index (χ0v) is 17.7. The van der Waals surface area contributed by atoms with E-state index in [0.717, 1.165) is 3.57 Å². The smallest absolute Gasteiger partial charge is 0.203 e. The van der Waals surface area contributed by atoms with Crippen molar-refractivity contribution >= 4 is 30.9 Å². The van der Waals surface area contributed by atoms with Crippen LogP contribution in [-0.2, 0) is 4.43 Å². The molecule has 0 aliphatic carbocycles. The van der Waals surface area contributed by atoms with Crippen LogP contribution in [0.3, 0.4) is 0 Å². The van der Waals surface area contributed by atoms with Crippen molar-refractivity contribution in [2.75, 3.05) is 27.4 Å². The third-order valence-electron chi connectivity index (χ3n) is 4.02. The zero-order valence-electron chi connectivity index (χ0n) is 14.6. The Hall–Kier alpha value is -0.473. The molecule has 0 saturated carbocycles. The van der Waals surface area contributed by atoms with Crippen molar-refractivity contribution in [3.63, 3.8) is 0 Å². The van der Waals surface area contributed by atoms with Gasteiger partial charge in [-0.15, -0.1) is 0 Å². The highest BCUT2D eigenvalue weighted by molar-refractivity contribution is 14.1. The quantitative estimate of drug-likeness (QED) is 0.351. The Morgan fingerprint density at radius 1 is 1.00 bits per heavy atom. The molecule has 0 N–H and O–H groups in total. The van der Waals surface area contributed by atoms with Crippen molar-refractivity contribution in [3.8, 4) is 17.2 Å². The van der Waals surface area contributed by atoms with Gasteiger partial charge >= 0.3 is 0 Å². The molecule has 0 saturated heterocycles. The third-order valence-corrected chi connectivity index (χ3v) is 9.19. The maximum absolute atomic E-state index is 6.12. The summed E-state index contributed by atoms with van der Waals surface area (Å²) in [7, 11) is 1.52. The summed E-state index contributed by atoms with van der Waals surface area (Å²) in [5.41, 5.74) is 0. The molecule has 0 unspecified atom stereocenters. The van der Waals surface area contributed by atoms with Crippen LogP contribution in [0.15, 0.2) is 12.1 Å². The van der Waals surface area contributed by atoms with E-state index < -0.39 is 8.32 Å². The normalized spacial score (nSPS) is 12.2. The Morgan fingerprint density at radius 2 is 1.50 bits per heavy atom. The van der Waals surface area contributed by atoms with Crippen molar-refractivity contribution in [1.29, 1.82) is 0 Å². The fourth-order valence-electron chi connectivity index (χ4n) is 1.65. The van der Waals surface area contributed by atoms with E-state index in [0.29, 0.717) is 30.5 Å². The van der Waals surface area contributed by atoms with Crippen LogP contribution in [0.25, 0.3) is 0 Å². The number of halogens is 1. The van der Waals surface area contributed by atoms with Crippen molar-refractivity contribution in [1.82, 2.24) is 0 Å². The first-order chi connectivity index (χ1) is 10.1. The lowest BCUT2D eigenvalue weighted by atomic mass is 10.2. The molecule has 6 heteroatoms. The van der Waals surface area contributed by atoms with E-state index in [1.807, 2.05) is 12.1 Å². The van der Waals surface area contributed by atoms with Gasteiger partial charge in [-0.1, -0.05) is 20.8 Å². The van der Waals surface area contributed by atoms with E-state index in [1.54, 1.807) is 14.2 Å². The number of methoxy groups -OCH3 is 2. The van der Waals surface area contributed by atoms with Gasteiger partial charge in [0.15, 0.2) is 19.8 Å².